The van der Waals surface area contributed by atoms with E-state index >= 15 is 0 Å². The van der Waals surface area contributed by atoms with Crippen molar-refractivity contribution in [1.29, 1.82) is 0 Å². The fourth-order valence-corrected chi connectivity index (χ4v) is 2.20. The smallest absolute Gasteiger partial charge is 0.326 e. The molecule has 1 heterocycles. The molecular formula is C16H18N2O6. The normalized spacial score (nSPS) is 13.0. The van der Waals surface area contributed by atoms with Crippen LogP contribution in [0, 0.1) is 0 Å². The van der Waals surface area contributed by atoms with Crippen LogP contribution in [0.1, 0.15) is 27.1 Å². The van der Waals surface area contributed by atoms with Crippen LogP contribution >= 0.6 is 0 Å². The van der Waals surface area contributed by atoms with E-state index in [1.54, 1.807) is 19.2 Å². The quantitative estimate of drug-likeness (QED) is 0.407. The molecule has 0 saturated carbocycles. The van der Waals surface area contributed by atoms with Gasteiger partial charge < -0.3 is 14.8 Å². The molecule has 1 aliphatic heterocycles. The number of amides is 3. The fraction of sp³-hybridized carbons (Fsp3) is 0.375. The number of hydrogen-bond donors (Lipinski definition) is 1. The molecule has 1 aliphatic rings. The van der Waals surface area contributed by atoms with E-state index in [-0.39, 0.29) is 11.1 Å². The maximum Gasteiger partial charge on any atom is 0.326 e. The molecule has 1 N–H and O–H groups in total. The van der Waals surface area contributed by atoms with Crippen molar-refractivity contribution in [2.75, 3.05) is 33.4 Å². The average Bonchev–Trinajstić information content (AvgIpc) is 2.82. The third-order valence-corrected chi connectivity index (χ3v) is 3.38. The van der Waals surface area contributed by atoms with Crippen LogP contribution in [0.2, 0.25) is 0 Å². The van der Waals surface area contributed by atoms with Gasteiger partial charge in [-0.2, -0.15) is 0 Å². The molecule has 0 bridgehead atoms. The first kappa shape index (κ1) is 17.6. The minimum Gasteiger partial charge on any atom is -0.454 e. The van der Waals surface area contributed by atoms with Crippen LogP contribution in [0.5, 0.6) is 0 Å². The summed E-state index contributed by atoms with van der Waals surface area (Å²) in [4.78, 5) is 48.2. The van der Waals surface area contributed by atoms with Crippen molar-refractivity contribution in [3.05, 3.63) is 35.4 Å². The van der Waals surface area contributed by atoms with Gasteiger partial charge in [-0.15, -0.1) is 0 Å². The summed E-state index contributed by atoms with van der Waals surface area (Å²) in [5.74, 6) is -2.37. The van der Waals surface area contributed by atoms with Gasteiger partial charge in [0.15, 0.2) is 6.61 Å². The van der Waals surface area contributed by atoms with Crippen molar-refractivity contribution in [2.24, 2.45) is 0 Å². The Labute approximate surface area is 138 Å². The number of ether oxygens (including phenoxy) is 2. The standard InChI is InChI=1S/C16H18N2O6/c1-23-8-4-7-17-13(19)10-24-14(20)9-18-15(21)11-5-2-3-6-12(11)16(18)22/h2-3,5-6H,4,7-10H2,1H3,(H,17,19). The maximum absolute atomic E-state index is 12.1. The highest BCUT2D eigenvalue weighted by Crippen LogP contribution is 2.21. The number of nitrogens with one attached hydrogen (secondary N) is 1. The molecule has 0 spiro atoms. The lowest BCUT2D eigenvalue weighted by Crippen LogP contribution is -2.37. The van der Waals surface area contributed by atoms with E-state index in [4.69, 9.17) is 9.47 Å². The highest BCUT2D eigenvalue weighted by molar-refractivity contribution is 6.22. The number of benzene rings is 1. The zero-order chi connectivity index (χ0) is 17.5. The van der Waals surface area contributed by atoms with Gasteiger partial charge in [-0.25, -0.2) is 0 Å². The van der Waals surface area contributed by atoms with E-state index < -0.39 is 36.8 Å². The van der Waals surface area contributed by atoms with Crippen LogP contribution < -0.4 is 5.32 Å². The van der Waals surface area contributed by atoms with E-state index in [0.29, 0.717) is 19.6 Å². The first-order valence-electron chi connectivity index (χ1n) is 7.41. The summed E-state index contributed by atoms with van der Waals surface area (Å²) in [6.07, 6.45) is 0.644. The van der Waals surface area contributed by atoms with Gasteiger partial charge in [-0.05, 0) is 18.6 Å². The first-order valence-corrected chi connectivity index (χ1v) is 7.41. The molecule has 24 heavy (non-hydrogen) atoms. The molecule has 0 atom stereocenters. The molecule has 8 heteroatoms. The van der Waals surface area contributed by atoms with Gasteiger partial charge in [0.05, 0.1) is 11.1 Å². The zero-order valence-electron chi connectivity index (χ0n) is 13.2. The van der Waals surface area contributed by atoms with E-state index in [1.165, 1.54) is 12.1 Å². The SMILES string of the molecule is COCCCNC(=O)COC(=O)CN1C(=O)c2ccccc2C1=O. The Morgan fingerprint density at radius 3 is 2.33 bits per heavy atom. The minimum absolute atomic E-state index is 0.256. The van der Waals surface area contributed by atoms with Gasteiger partial charge >= 0.3 is 5.97 Å². The lowest BCUT2D eigenvalue weighted by Gasteiger charge is -2.13. The molecule has 2 rings (SSSR count). The summed E-state index contributed by atoms with van der Waals surface area (Å²) in [5.41, 5.74) is 0.511. The summed E-state index contributed by atoms with van der Waals surface area (Å²) < 4.78 is 9.63. The Hall–Kier alpha value is -2.74. The van der Waals surface area contributed by atoms with Gasteiger partial charge in [0.2, 0.25) is 0 Å². The van der Waals surface area contributed by atoms with Crippen LogP contribution in [0.15, 0.2) is 24.3 Å². The number of methoxy groups -OCH3 is 1. The Kier molecular flexibility index (Phi) is 6.02. The molecule has 8 nitrogen and oxygen atoms in total. The van der Waals surface area contributed by atoms with E-state index in [0.717, 1.165) is 4.90 Å². The predicted octanol–water partition coefficient (Wildman–Crippen LogP) is -0.0215. The van der Waals surface area contributed by atoms with Crippen molar-refractivity contribution in [3.8, 4) is 0 Å². The molecule has 1 aromatic rings. The minimum atomic E-state index is -0.823. The van der Waals surface area contributed by atoms with Gasteiger partial charge in [0.1, 0.15) is 6.54 Å². The highest BCUT2D eigenvalue weighted by Gasteiger charge is 2.36. The second kappa shape index (κ2) is 8.21. The van der Waals surface area contributed by atoms with Crippen molar-refractivity contribution in [2.45, 2.75) is 6.42 Å². The second-order valence-corrected chi connectivity index (χ2v) is 5.10. The summed E-state index contributed by atoms with van der Waals surface area (Å²) in [6, 6.07) is 6.32. The van der Waals surface area contributed by atoms with Gasteiger partial charge in [0.25, 0.3) is 17.7 Å². The molecule has 0 unspecified atom stereocenters. The third-order valence-electron chi connectivity index (χ3n) is 3.38. The first-order chi connectivity index (χ1) is 11.5. The molecular weight excluding hydrogens is 316 g/mol. The molecule has 0 saturated heterocycles. The summed E-state index contributed by atoms with van der Waals surface area (Å²) >= 11 is 0. The fourth-order valence-electron chi connectivity index (χ4n) is 2.20. The highest BCUT2D eigenvalue weighted by atomic mass is 16.5. The Morgan fingerprint density at radius 1 is 1.12 bits per heavy atom. The summed E-state index contributed by atoms with van der Waals surface area (Å²) in [6.45, 7) is -0.0687. The van der Waals surface area contributed by atoms with Crippen LogP contribution in [-0.4, -0.2) is 62.0 Å². The van der Waals surface area contributed by atoms with Crippen LogP contribution in [0.4, 0.5) is 0 Å². The molecule has 1 aromatic carbocycles. The second-order valence-electron chi connectivity index (χ2n) is 5.10. The molecule has 0 radical (unpaired) electrons. The van der Waals surface area contributed by atoms with E-state index in [1.807, 2.05) is 0 Å². The molecule has 0 fully saturated rings. The largest absolute Gasteiger partial charge is 0.454 e. The third kappa shape index (κ3) is 4.17. The number of esters is 1. The summed E-state index contributed by atoms with van der Waals surface area (Å²) in [7, 11) is 1.56. The Bertz CT molecular complexity index is 623. The van der Waals surface area contributed by atoms with Crippen LogP contribution in [0.3, 0.4) is 0 Å². The van der Waals surface area contributed by atoms with Crippen molar-refractivity contribution >= 4 is 23.7 Å². The Balaban J connectivity index is 1.78. The predicted molar refractivity (Wildman–Crippen MR) is 82.3 cm³/mol. The number of fused-ring (bicyclic) bond motifs is 1. The zero-order valence-corrected chi connectivity index (χ0v) is 13.2. The van der Waals surface area contributed by atoms with Crippen molar-refractivity contribution in [3.63, 3.8) is 0 Å². The van der Waals surface area contributed by atoms with Gasteiger partial charge in [0, 0.05) is 20.3 Å². The van der Waals surface area contributed by atoms with Crippen molar-refractivity contribution in [1.82, 2.24) is 10.2 Å². The lowest BCUT2D eigenvalue weighted by molar-refractivity contribution is -0.148. The van der Waals surface area contributed by atoms with Gasteiger partial charge in [-0.3, -0.25) is 24.1 Å². The number of rotatable bonds is 8. The number of carbonyl (C=O) groups excluding carboxylic acids is 4. The number of nitrogens with zero attached hydrogens (tertiary/aromatic N) is 1. The maximum atomic E-state index is 12.1. The molecule has 3 amide bonds. The number of carbonyl (C=O) groups is 4. The average molecular weight is 334 g/mol. The number of imide groups is 1. The monoisotopic (exact) mass is 334 g/mol. The van der Waals surface area contributed by atoms with Crippen molar-refractivity contribution < 1.29 is 28.7 Å². The molecule has 0 aromatic heterocycles. The summed E-state index contributed by atoms with van der Waals surface area (Å²) in [5, 5.41) is 2.55. The molecule has 128 valence electrons. The van der Waals surface area contributed by atoms with Crippen LogP contribution in [-0.2, 0) is 19.1 Å². The molecule has 0 aliphatic carbocycles. The van der Waals surface area contributed by atoms with E-state index in [9.17, 15) is 19.2 Å². The van der Waals surface area contributed by atoms with Crippen LogP contribution in [0.25, 0.3) is 0 Å². The topological polar surface area (TPSA) is 102 Å². The van der Waals surface area contributed by atoms with Gasteiger partial charge in [-0.1, -0.05) is 12.1 Å². The van der Waals surface area contributed by atoms with E-state index in [2.05, 4.69) is 5.32 Å². The lowest BCUT2D eigenvalue weighted by atomic mass is 10.1. The Morgan fingerprint density at radius 2 is 1.75 bits per heavy atom. The number of hydrogen-bond acceptors (Lipinski definition) is 6.